The van der Waals surface area contributed by atoms with Crippen LogP contribution in [-0.2, 0) is 4.46 Å². The molecule has 0 saturated carbocycles. The first-order valence-electron chi connectivity index (χ1n) is 3.25. The molecule has 71 valence electrons. The summed E-state index contributed by atoms with van der Waals surface area (Å²) in [5.74, 6) is 0. The van der Waals surface area contributed by atoms with Gasteiger partial charge in [-0.3, -0.25) is 0 Å². The molecule has 5 N–H and O–H groups in total. The van der Waals surface area contributed by atoms with Gasteiger partial charge >= 0.3 is 9.41 Å². The molecule has 0 bridgehead atoms. The molecule has 0 saturated heterocycles. The fourth-order valence-electron chi connectivity index (χ4n) is 0.592. The molecule has 0 aromatic rings. The largest absolute Gasteiger partial charge is 0.394 e. The van der Waals surface area contributed by atoms with Crippen molar-refractivity contribution in [1.29, 1.82) is 0 Å². The van der Waals surface area contributed by atoms with Gasteiger partial charge in [-0.05, 0) is 0 Å². The van der Waals surface area contributed by atoms with E-state index in [-0.39, 0.29) is 0 Å². The van der Waals surface area contributed by atoms with Crippen LogP contribution < -0.4 is 0 Å². The van der Waals surface area contributed by atoms with Crippen LogP contribution in [0.2, 0.25) is 0 Å². The topological polar surface area (TPSA) is 118 Å². The van der Waals surface area contributed by atoms with E-state index in [1.807, 2.05) is 0 Å². The highest BCUT2D eigenvalue weighted by atomic mass is 28.2. The first-order chi connectivity index (χ1) is 5.54. The van der Waals surface area contributed by atoms with Crippen LogP contribution in [0.15, 0.2) is 0 Å². The predicted octanol–water partition coefficient (Wildman–Crippen LogP) is -3.57. The molecule has 12 heavy (non-hydrogen) atoms. The predicted molar refractivity (Wildman–Crippen MR) is 37.6 cm³/mol. The Bertz CT molecular complexity index is 142. The summed E-state index contributed by atoms with van der Waals surface area (Å²) < 4.78 is 10.0. The average molecular weight is 195 g/mol. The van der Waals surface area contributed by atoms with E-state index >= 15 is 0 Å². The highest BCUT2D eigenvalue weighted by Crippen LogP contribution is 2.02. The molecule has 0 unspecified atom stereocenters. The molecule has 0 heterocycles. The molecule has 0 aliphatic heterocycles. The van der Waals surface area contributed by atoms with E-state index in [1.54, 1.807) is 0 Å². The lowest BCUT2D eigenvalue weighted by atomic mass is 10.1. The zero-order valence-corrected chi connectivity index (χ0v) is 7.16. The van der Waals surface area contributed by atoms with Crippen LogP contribution >= 0.6 is 0 Å². The standard InChI is InChI=1S/C5H11O6Si/c6-1-2(7)3(8)4(9)5(10)12-11/h2-10H,1H2/t2-,3+,4-,5-/m1/s1. The van der Waals surface area contributed by atoms with Gasteiger partial charge in [0.1, 0.15) is 24.0 Å². The minimum Gasteiger partial charge on any atom is -0.394 e. The van der Waals surface area contributed by atoms with Crippen molar-refractivity contribution in [2.24, 2.45) is 0 Å². The lowest BCUT2D eigenvalue weighted by Crippen LogP contribution is -2.46. The molecule has 0 amide bonds. The number of hydrogen-bond acceptors (Lipinski definition) is 6. The molecule has 0 fully saturated rings. The quantitative estimate of drug-likeness (QED) is 0.290. The minimum atomic E-state index is -1.72. The van der Waals surface area contributed by atoms with Gasteiger partial charge in [-0.2, -0.15) is 0 Å². The summed E-state index contributed by atoms with van der Waals surface area (Å²) in [5.41, 5.74) is -1.61. The van der Waals surface area contributed by atoms with Gasteiger partial charge < -0.3 is 30.0 Å². The summed E-state index contributed by atoms with van der Waals surface area (Å²) in [5, 5.41) is 43.7. The van der Waals surface area contributed by atoms with Crippen LogP contribution in [0.5, 0.6) is 0 Å². The third-order valence-corrected chi connectivity index (χ3v) is 1.96. The lowest BCUT2D eigenvalue weighted by Gasteiger charge is -2.22. The fourth-order valence-corrected chi connectivity index (χ4v) is 0.929. The van der Waals surface area contributed by atoms with Crippen LogP contribution in [0.4, 0.5) is 0 Å². The van der Waals surface area contributed by atoms with Crippen molar-refractivity contribution in [3.63, 3.8) is 0 Å². The summed E-state index contributed by atoms with van der Waals surface area (Å²) in [4.78, 5) is 0. The summed E-state index contributed by atoms with van der Waals surface area (Å²) in [7, 11) is -1.20. The number of hydrogen-bond donors (Lipinski definition) is 5. The molecule has 0 aliphatic rings. The molecular weight excluding hydrogens is 184 g/mol. The Hall–Kier alpha value is -0.183. The Kier molecular flexibility index (Phi) is 5.38. The molecule has 4 atom stereocenters. The van der Waals surface area contributed by atoms with Crippen molar-refractivity contribution in [1.82, 2.24) is 0 Å². The fraction of sp³-hybridized carbons (Fsp3) is 1.00. The lowest BCUT2D eigenvalue weighted by molar-refractivity contribution is -0.0992. The Labute approximate surface area is 71.0 Å². The normalized spacial score (nSPS) is 21.1. The minimum absolute atomic E-state index is 0.743. The van der Waals surface area contributed by atoms with Gasteiger partial charge in [-0.15, -0.1) is 0 Å². The third kappa shape index (κ3) is 3.05. The molecule has 1 radical (unpaired) electrons. The maximum absolute atomic E-state index is 10.0. The van der Waals surface area contributed by atoms with E-state index < -0.39 is 40.1 Å². The molecule has 0 rings (SSSR count). The van der Waals surface area contributed by atoms with Crippen LogP contribution in [0, 0.1) is 0 Å². The highest BCUT2D eigenvalue weighted by molar-refractivity contribution is 6.19. The smallest absolute Gasteiger partial charge is 0.360 e. The zero-order chi connectivity index (χ0) is 9.72. The molecule has 6 nitrogen and oxygen atoms in total. The molecule has 0 aromatic carbocycles. The average Bonchev–Trinajstić information content (AvgIpc) is 2.12. The van der Waals surface area contributed by atoms with E-state index in [1.165, 1.54) is 0 Å². The molecule has 0 spiro atoms. The Morgan fingerprint density at radius 2 is 1.58 bits per heavy atom. The van der Waals surface area contributed by atoms with Gasteiger partial charge in [-0.1, -0.05) is 0 Å². The molecule has 7 heteroatoms. The van der Waals surface area contributed by atoms with Crippen molar-refractivity contribution < 1.29 is 30.0 Å². The van der Waals surface area contributed by atoms with E-state index in [0.29, 0.717) is 0 Å². The third-order valence-electron chi connectivity index (χ3n) is 1.38. The van der Waals surface area contributed by atoms with E-state index in [9.17, 15) is 4.46 Å². The van der Waals surface area contributed by atoms with E-state index in [2.05, 4.69) is 0 Å². The van der Waals surface area contributed by atoms with Gasteiger partial charge in [0.05, 0.1) is 6.61 Å². The maximum Gasteiger partial charge on any atom is 0.360 e. The Morgan fingerprint density at radius 1 is 1.08 bits per heavy atom. The number of rotatable bonds is 5. The van der Waals surface area contributed by atoms with E-state index in [0.717, 1.165) is 0 Å². The van der Waals surface area contributed by atoms with Crippen LogP contribution in [0.1, 0.15) is 0 Å². The zero-order valence-electron chi connectivity index (χ0n) is 6.16. The molecule has 0 aromatic heterocycles. The van der Waals surface area contributed by atoms with Crippen molar-refractivity contribution in [2.45, 2.75) is 24.0 Å². The summed E-state index contributed by atoms with van der Waals surface area (Å²) in [6.45, 7) is -0.743. The van der Waals surface area contributed by atoms with Crippen molar-refractivity contribution in [3.05, 3.63) is 0 Å². The number of aliphatic hydroxyl groups is 5. The molecule has 0 aliphatic carbocycles. The van der Waals surface area contributed by atoms with Gasteiger partial charge in [0, 0.05) is 0 Å². The van der Waals surface area contributed by atoms with Gasteiger partial charge in [0.2, 0.25) is 0 Å². The summed E-state index contributed by atoms with van der Waals surface area (Å²) >= 11 is 0. The Balaban J connectivity index is 4.07. The summed E-state index contributed by atoms with van der Waals surface area (Å²) in [6, 6.07) is 0. The Morgan fingerprint density at radius 3 is 1.92 bits per heavy atom. The van der Waals surface area contributed by atoms with Crippen molar-refractivity contribution in [2.75, 3.05) is 6.61 Å². The second-order valence-electron chi connectivity index (χ2n) is 2.29. The van der Waals surface area contributed by atoms with Crippen molar-refractivity contribution in [3.8, 4) is 0 Å². The van der Waals surface area contributed by atoms with Gasteiger partial charge in [0.15, 0.2) is 0 Å². The van der Waals surface area contributed by atoms with Gasteiger partial charge in [0.25, 0.3) is 0 Å². The first kappa shape index (κ1) is 11.8. The number of aliphatic hydroxyl groups excluding tert-OH is 5. The monoisotopic (exact) mass is 195 g/mol. The maximum atomic E-state index is 10.0. The van der Waals surface area contributed by atoms with Gasteiger partial charge in [-0.25, -0.2) is 0 Å². The SMILES string of the molecule is O=[Si][C@@H](O)[C@H](O)[C@@H](O)[C@H](O)CO. The van der Waals surface area contributed by atoms with Crippen LogP contribution in [0.3, 0.4) is 0 Å². The van der Waals surface area contributed by atoms with Crippen LogP contribution in [-0.4, -0.2) is 65.6 Å². The second kappa shape index (κ2) is 5.46. The first-order valence-corrected chi connectivity index (χ1v) is 4.24. The highest BCUT2D eigenvalue weighted by Gasteiger charge is 2.30. The molecular formula is C5H11O6Si. The van der Waals surface area contributed by atoms with Crippen molar-refractivity contribution >= 4 is 9.41 Å². The summed E-state index contributed by atoms with van der Waals surface area (Å²) in [6.07, 6.45) is -4.97. The van der Waals surface area contributed by atoms with E-state index in [4.69, 9.17) is 25.5 Å². The van der Waals surface area contributed by atoms with Crippen LogP contribution in [0.25, 0.3) is 0 Å². The second-order valence-corrected chi connectivity index (χ2v) is 3.12.